The van der Waals surface area contributed by atoms with Crippen LogP contribution in [0.15, 0.2) is 23.1 Å². The van der Waals surface area contributed by atoms with Gasteiger partial charge >= 0.3 is 0 Å². The van der Waals surface area contributed by atoms with Crippen LogP contribution in [0.5, 0.6) is 0 Å². The number of ether oxygens (including phenoxy) is 1. The lowest BCUT2D eigenvalue weighted by Gasteiger charge is -2.26. The summed E-state index contributed by atoms with van der Waals surface area (Å²) in [5.41, 5.74) is 0.187. The molecule has 0 saturated carbocycles. The number of rotatable bonds is 8. The van der Waals surface area contributed by atoms with E-state index >= 15 is 0 Å². The van der Waals surface area contributed by atoms with Crippen molar-refractivity contribution in [3.8, 4) is 0 Å². The molecular formula is C17H25ClN2O4S. The van der Waals surface area contributed by atoms with Crippen LogP contribution in [0.1, 0.15) is 43.0 Å². The zero-order valence-corrected chi connectivity index (χ0v) is 16.0. The quantitative estimate of drug-likeness (QED) is 0.694. The number of hydrogen-bond acceptors (Lipinski definition) is 4. The van der Waals surface area contributed by atoms with E-state index < -0.39 is 10.0 Å². The predicted molar refractivity (Wildman–Crippen MR) is 97.5 cm³/mol. The van der Waals surface area contributed by atoms with E-state index in [1.54, 1.807) is 0 Å². The van der Waals surface area contributed by atoms with E-state index in [4.69, 9.17) is 16.3 Å². The maximum atomic E-state index is 12.7. The topological polar surface area (TPSA) is 75.7 Å². The van der Waals surface area contributed by atoms with E-state index in [1.807, 2.05) is 0 Å². The zero-order valence-electron chi connectivity index (χ0n) is 14.5. The highest BCUT2D eigenvalue weighted by Crippen LogP contribution is 2.23. The van der Waals surface area contributed by atoms with Crippen LogP contribution in [0.4, 0.5) is 0 Å². The average Bonchev–Trinajstić information content (AvgIpc) is 2.62. The highest BCUT2D eigenvalue weighted by molar-refractivity contribution is 7.89. The molecule has 1 aliphatic rings. The number of benzene rings is 1. The minimum atomic E-state index is -3.65. The van der Waals surface area contributed by atoms with Gasteiger partial charge in [-0.05, 0) is 24.6 Å². The van der Waals surface area contributed by atoms with Crippen molar-refractivity contribution in [2.75, 3.05) is 32.8 Å². The summed E-state index contributed by atoms with van der Waals surface area (Å²) in [7, 11) is -3.65. The number of morpholine rings is 1. The highest BCUT2D eigenvalue weighted by Gasteiger charge is 2.27. The summed E-state index contributed by atoms with van der Waals surface area (Å²) in [5, 5.41) is 3.05. The van der Waals surface area contributed by atoms with E-state index in [1.165, 1.54) is 22.5 Å². The lowest BCUT2D eigenvalue weighted by atomic mass is 10.2. The fourth-order valence-corrected chi connectivity index (χ4v) is 4.26. The third kappa shape index (κ3) is 5.41. The molecule has 1 saturated heterocycles. The molecule has 1 aromatic rings. The SMILES string of the molecule is CCCCCCNC(=O)c1cc(S(=O)(=O)N2CCOCC2)ccc1Cl. The summed E-state index contributed by atoms with van der Waals surface area (Å²) in [6.07, 6.45) is 4.20. The largest absolute Gasteiger partial charge is 0.379 e. The standard InChI is InChI=1S/C17H25ClN2O4S/c1-2-3-4-5-8-19-17(21)15-13-14(6-7-16(15)18)25(22,23)20-9-11-24-12-10-20/h6-7,13H,2-5,8-12H2,1H3,(H,19,21). The van der Waals surface area contributed by atoms with Crippen LogP contribution in [0.3, 0.4) is 0 Å². The molecule has 1 heterocycles. The van der Waals surface area contributed by atoms with Crippen LogP contribution in [-0.2, 0) is 14.8 Å². The summed E-state index contributed by atoms with van der Waals surface area (Å²) in [6, 6.07) is 4.25. The van der Waals surface area contributed by atoms with E-state index in [0.717, 1.165) is 25.7 Å². The lowest BCUT2D eigenvalue weighted by Crippen LogP contribution is -2.40. The molecule has 1 aliphatic heterocycles. The molecule has 0 aliphatic carbocycles. The molecule has 0 unspecified atom stereocenters. The first-order valence-corrected chi connectivity index (χ1v) is 10.4. The van der Waals surface area contributed by atoms with Crippen LogP contribution < -0.4 is 5.32 Å². The Kier molecular flexibility index (Phi) is 7.68. The molecule has 0 bridgehead atoms. The van der Waals surface area contributed by atoms with Crippen LogP contribution >= 0.6 is 11.6 Å². The first kappa shape index (κ1) is 20.2. The summed E-state index contributed by atoms with van der Waals surface area (Å²) >= 11 is 6.10. The summed E-state index contributed by atoms with van der Waals surface area (Å²) in [4.78, 5) is 12.4. The van der Waals surface area contributed by atoms with Gasteiger partial charge in [-0.2, -0.15) is 4.31 Å². The third-order valence-corrected chi connectivity index (χ3v) is 6.33. The second-order valence-electron chi connectivity index (χ2n) is 5.97. The minimum absolute atomic E-state index is 0.0786. The fourth-order valence-electron chi connectivity index (χ4n) is 2.62. The van der Waals surface area contributed by atoms with E-state index in [2.05, 4.69) is 12.2 Å². The molecule has 8 heteroatoms. The Morgan fingerprint density at radius 3 is 2.64 bits per heavy atom. The molecule has 1 fully saturated rings. The van der Waals surface area contributed by atoms with Crippen molar-refractivity contribution in [3.05, 3.63) is 28.8 Å². The van der Waals surface area contributed by atoms with Crippen LogP contribution in [-0.4, -0.2) is 51.5 Å². The van der Waals surface area contributed by atoms with Gasteiger partial charge < -0.3 is 10.1 Å². The van der Waals surface area contributed by atoms with Crippen molar-refractivity contribution in [2.24, 2.45) is 0 Å². The Bertz CT molecular complexity index is 688. The van der Waals surface area contributed by atoms with Gasteiger partial charge in [0.15, 0.2) is 0 Å². The lowest BCUT2D eigenvalue weighted by molar-refractivity contribution is 0.0730. The van der Waals surface area contributed by atoms with Gasteiger partial charge in [0.05, 0.1) is 28.7 Å². The van der Waals surface area contributed by atoms with Gasteiger partial charge in [0.25, 0.3) is 5.91 Å². The minimum Gasteiger partial charge on any atom is -0.379 e. The number of nitrogens with zero attached hydrogens (tertiary/aromatic N) is 1. The summed E-state index contributed by atoms with van der Waals surface area (Å²) in [5.74, 6) is -0.347. The first-order valence-electron chi connectivity index (χ1n) is 8.62. The Morgan fingerprint density at radius 2 is 1.96 bits per heavy atom. The van der Waals surface area contributed by atoms with Gasteiger partial charge in [-0.1, -0.05) is 37.8 Å². The van der Waals surface area contributed by atoms with Gasteiger partial charge in [0.2, 0.25) is 10.0 Å². The van der Waals surface area contributed by atoms with Gasteiger partial charge in [-0.3, -0.25) is 4.79 Å². The number of sulfonamides is 1. The maximum absolute atomic E-state index is 12.7. The number of carbonyl (C=O) groups excluding carboxylic acids is 1. The zero-order chi connectivity index (χ0) is 18.3. The molecule has 1 aromatic carbocycles. The second kappa shape index (κ2) is 9.52. The summed E-state index contributed by atoms with van der Waals surface area (Å²) in [6.45, 7) is 4.04. The Labute approximate surface area is 154 Å². The van der Waals surface area contributed by atoms with Crippen LogP contribution in [0.25, 0.3) is 0 Å². The fraction of sp³-hybridized carbons (Fsp3) is 0.588. The molecule has 0 radical (unpaired) electrons. The monoisotopic (exact) mass is 388 g/mol. The number of unbranched alkanes of at least 4 members (excludes halogenated alkanes) is 3. The number of amides is 1. The van der Waals surface area contributed by atoms with E-state index in [9.17, 15) is 13.2 Å². The second-order valence-corrected chi connectivity index (χ2v) is 8.32. The molecule has 1 amide bonds. The smallest absolute Gasteiger partial charge is 0.252 e. The number of hydrogen-bond donors (Lipinski definition) is 1. The maximum Gasteiger partial charge on any atom is 0.252 e. The Morgan fingerprint density at radius 1 is 1.24 bits per heavy atom. The van der Waals surface area contributed by atoms with Crippen molar-refractivity contribution >= 4 is 27.5 Å². The molecular weight excluding hydrogens is 364 g/mol. The molecule has 140 valence electrons. The Hall–Kier alpha value is -1.15. The highest BCUT2D eigenvalue weighted by atomic mass is 35.5. The molecule has 25 heavy (non-hydrogen) atoms. The van der Waals surface area contributed by atoms with Gasteiger partial charge in [0, 0.05) is 19.6 Å². The van der Waals surface area contributed by atoms with Gasteiger partial charge in [-0.25, -0.2) is 8.42 Å². The number of carbonyl (C=O) groups is 1. The normalized spacial score (nSPS) is 15.9. The molecule has 2 rings (SSSR count). The van der Waals surface area contributed by atoms with Crippen molar-refractivity contribution < 1.29 is 17.9 Å². The average molecular weight is 389 g/mol. The van der Waals surface area contributed by atoms with Crippen molar-refractivity contribution in [1.29, 1.82) is 0 Å². The van der Waals surface area contributed by atoms with Gasteiger partial charge in [0.1, 0.15) is 0 Å². The molecule has 1 N–H and O–H groups in total. The molecule has 0 aromatic heterocycles. The van der Waals surface area contributed by atoms with Crippen molar-refractivity contribution in [3.63, 3.8) is 0 Å². The first-order chi connectivity index (χ1) is 12.0. The third-order valence-electron chi connectivity index (χ3n) is 4.11. The Balaban J connectivity index is 2.09. The van der Waals surface area contributed by atoms with Gasteiger partial charge in [-0.15, -0.1) is 0 Å². The molecule has 0 spiro atoms. The molecule has 0 atom stereocenters. The number of halogens is 1. The van der Waals surface area contributed by atoms with Crippen LogP contribution in [0, 0.1) is 0 Å². The number of nitrogens with one attached hydrogen (secondary N) is 1. The van der Waals surface area contributed by atoms with E-state index in [-0.39, 0.29) is 21.4 Å². The molecule has 6 nitrogen and oxygen atoms in total. The summed E-state index contributed by atoms with van der Waals surface area (Å²) < 4.78 is 32.0. The van der Waals surface area contributed by atoms with Crippen molar-refractivity contribution in [2.45, 2.75) is 37.5 Å². The predicted octanol–water partition coefficient (Wildman–Crippen LogP) is 2.67. The van der Waals surface area contributed by atoms with Crippen molar-refractivity contribution in [1.82, 2.24) is 9.62 Å². The van der Waals surface area contributed by atoms with Crippen LogP contribution in [0.2, 0.25) is 5.02 Å². The van der Waals surface area contributed by atoms with E-state index in [0.29, 0.717) is 32.8 Å².